The molecule has 0 aromatic carbocycles. The van der Waals surface area contributed by atoms with E-state index in [0.29, 0.717) is 5.69 Å². The first-order chi connectivity index (χ1) is 6.13. The maximum absolute atomic E-state index is 10.3. The van der Waals surface area contributed by atoms with Crippen molar-refractivity contribution in [1.82, 2.24) is 15.0 Å². The highest BCUT2D eigenvalue weighted by atomic mass is 32.2. The van der Waals surface area contributed by atoms with Gasteiger partial charge in [-0.1, -0.05) is 12.1 Å². The second kappa shape index (κ2) is 2.99. The van der Waals surface area contributed by atoms with Gasteiger partial charge in [0.05, 0.1) is 6.20 Å². The lowest BCUT2D eigenvalue weighted by Gasteiger charge is -2.23. The Balaban J connectivity index is 2.33. The van der Waals surface area contributed by atoms with Crippen molar-refractivity contribution in [2.45, 2.75) is 12.5 Å². The van der Waals surface area contributed by atoms with Crippen LogP contribution >= 0.6 is 11.8 Å². The van der Waals surface area contributed by atoms with E-state index in [1.807, 2.05) is 7.05 Å². The van der Waals surface area contributed by atoms with Crippen LogP contribution in [0, 0.1) is 5.92 Å². The van der Waals surface area contributed by atoms with Crippen LogP contribution in [-0.4, -0.2) is 31.6 Å². The van der Waals surface area contributed by atoms with Crippen molar-refractivity contribution in [3.8, 4) is 0 Å². The number of aromatic nitrogens is 3. The normalized spacial score (nSPS) is 33.9. The van der Waals surface area contributed by atoms with Gasteiger partial charge >= 0.3 is 0 Å². The predicted molar refractivity (Wildman–Crippen MR) is 51.4 cm³/mol. The van der Waals surface area contributed by atoms with E-state index in [2.05, 4.69) is 17.2 Å². The quantitative estimate of drug-likeness (QED) is 0.710. The van der Waals surface area contributed by atoms with Crippen LogP contribution in [0.15, 0.2) is 6.20 Å². The molecule has 0 spiro atoms. The first kappa shape index (κ1) is 9.02. The average Bonchev–Trinajstić information content (AvgIpc) is 2.62. The second-order valence-electron chi connectivity index (χ2n) is 3.62. The summed E-state index contributed by atoms with van der Waals surface area (Å²) in [6.45, 7) is 2.05. The Morgan fingerprint density at radius 3 is 3.00 bits per heavy atom. The van der Waals surface area contributed by atoms with Gasteiger partial charge in [-0.25, -0.2) is 0 Å². The van der Waals surface area contributed by atoms with Crippen molar-refractivity contribution in [3.63, 3.8) is 0 Å². The molecule has 0 saturated carbocycles. The van der Waals surface area contributed by atoms with Crippen molar-refractivity contribution >= 4 is 11.8 Å². The van der Waals surface area contributed by atoms with Gasteiger partial charge in [-0.2, -0.15) is 11.8 Å². The molecule has 1 aromatic heterocycles. The van der Waals surface area contributed by atoms with E-state index in [4.69, 9.17) is 0 Å². The van der Waals surface area contributed by atoms with Crippen molar-refractivity contribution < 1.29 is 5.11 Å². The third-order valence-corrected chi connectivity index (χ3v) is 3.93. The summed E-state index contributed by atoms with van der Waals surface area (Å²) in [6.07, 6.45) is 1.79. The largest absolute Gasteiger partial charge is 0.382 e. The van der Waals surface area contributed by atoms with Crippen molar-refractivity contribution in [2.75, 3.05) is 11.5 Å². The number of aliphatic hydroxyl groups is 1. The smallest absolute Gasteiger partial charge is 0.122 e. The maximum atomic E-state index is 10.3. The topological polar surface area (TPSA) is 50.9 Å². The van der Waals surface area contributed by atoms with E-state index in [0.717, 1.165) is 11.5 Å². The zero-order valence-corrected chi connectivity index (χ0v) is 8.58. The summed E-state index contributed by atoms with van der Waals surface area (Å²) >= 11 is 1.77. The number of nitrogens with zero attached hydrogens (tertiary/aromatic N) is 3. The summed E-state index contributed by atoms with van der Waals surface area (Å²) in [5.74, 6) is 1.98. The van der Waals surface area contributed by atoms with E-state index in [9.17, 15) is 5.11 Å². The molecular weight excluding hydrogens is 186 g/mol. The lowest BCUT2D eigenvalue weighted by molar-refractivity contribution is 0.0191. The van der Waals surface area contributed by atoms with Gasteiger partial charge in [-0.05, 0) is 5.75 Å². The highest BCUT2D eigenvalue weighted by molar-refractivity contribution is 7.99. The van der Waals surface area contributed by atoms with E-state index in [1.165, 1.54) is 0 Å². The molecule has 0 bridgehead atoms. The molecule has 2 heterocycles. The second-order valence-corrected chi connectivity index (χ2v) is 4.65. The highest BCUT2D eigenvalue weighted by Gasteiger charge is 2.42. The van der Waals surface area contributed by atoms with Gasteiger partial charge in [0, 0.05) is 18.7 Å². The first-order valence-electron chi connectivity index (χ1n) is 4.30. The molecular formula is C8H13N3OS. The van der Waals surface area contributed by atoms with Crippen molar-refractivity contribution in [3.05, 3.63) is 11.9 Å². The average molecular weight is 199 g/mol. The van der Waals surface area contributed by atoms with E-state index < -0.39 is 5.60 Å². The Morgan fingerprint density at radius 2 is 2.54 bits per heavy atom. The van der Waals surface area contributed by atoms with E-state index in [1.54, 1.807) is 22.6 Å². The van der Waals surface area contributed by atoms with E-state index in [-0.39, 0.29) is 5.92 Å². The van der Waals surface area contributed by atoms with Crippen molar-refractivity contribution in [1.29, 1.82) is 0 Å². The molecule has 0 radical (unpaired) electrons. The lowest BCUT2D eigenvalue weighted by Crippen LogP contribution is -2.32. The molecule has 5 heteroatoms. The third kappa shape index (κ3) is 1.36. The molecule has 2 atom stereocenters. The van der Waals surface area contributed by atoms with Crippen LogP contribution in [-0.2, 0) is 12.6 Å². The highest BCUT2D eigenvalue weighted by Crippen LogP contribution is 2.39. The van der Waals surface area contributed by atoms with Gasteiger partial charge < -0.3 is 5.11 Å². The molecule has 1 fully saturated rings. The first-order valence-corrected chi connectivity index (χ1v) is 5.45. The molecule has 2 unspecified atom stereocenters. The minimum atomic E-state index is -0.765. The standard InChI is InChI=1S/C8H13N3OS/c1-6-4-13-5-8(6,12)7-3-11(2)10-9-7/h3,6,12H,4-5H2,1-2H3. The zero-order chi connectivity index (χ0) is 9.47. The van der Waals surface area contributed by atoms with Crippen molar-refractivity contribution in [2.24, 2.45) is 13.0 Å². The fourth-order valence-electron chi connectivity index (χ4n) is 1.54. The Morgan fingerprint density at radius 1 is 1.77 bits per heavy atom. The van der Waals surface area contributed by atoms with Crippen LogP contribution in [0.5, 0.6) is 0 Å². The summed E-state index contributed by atoms with van der Waals surface area (Å²) < 4.78 is 1.63. The van der Waals surface area contributed by atoms with Gasteiger partial charge in [0.2, 0.25) is 0 Å². The molecule has 1 aromatic rings. The molecule has 0 amide bonds. The monoisotopic (exact) mass is 199 g/mol. The Kier molecular flexibility index (Phi) is 2.08. The molecule has 2 rings (SSSR count). The van der Waals surface area contributed by atoms with E-state index >= 15 is 0 Å². The van der Waals surface area contributed by atoms with Gasteiger partial charge in [-0.15, -0.1) is 5.10 Å². The zero-order valence-electron chi connectivity index (χ0n) is 7.77. The van der Waals surface area contributed by atoms with Crippen LogP contribution < -0.4 is 0 Å². The summed E-state index contributed by atoms with van der Waals surface area (Å²) in [7, 11) is 1.81. The number of hydrogen-bond donors (Lipinski definition) is 1. The maximum Gasteiger partial charge on any atom is 0.122 e. The van der Waals surface area contributed by atoms with Gasteiger partial charge in [0.1, 0.15) is 11.3 Å². The predicted octanol–water partition coefficient (Wildman–Crippen LogP) is 0.386. The summed E-state index contributed by atoms with van der Waals surface area (Å²) in [6, 6.07) is 0. The summed E-state index contributed by atoms with van der Waals surface area (Å²) in [5, 5.41) is 18.1. The number of thioether (sulfide) groups is 1. The molecule has 72 valence electrons. The fraction of sp³-hybridized carbons (Fsp3) is 0.750. The minimum Gasteiger partial charge on any atom is -0.382 e. The SMILES string of the molecule is CC1CSCC1(O)c1cn(C)nn1. The molecule has 13 heavy (non-hydrogen) atoms. The van der Waals surface area contributed by atoms with Crippen LogP contribution in [0.1, 0.15) is 12.6 Å². The van der Waals surface area contributed by atoms with Crippen LogP contribution in [0.25, 0.3) is 0 Å². The molecule has 1 aliphatic heterocycles. The molecule has 4 nitrogen and oxygen atoms in total. The number of aryl methyl sites for hydroxylation is 1. The van der Waals surface area contributed by atoms with Gasteiger partial charge in [0.15, 0.2) is 0 Å². The van der Waals surface area contributed by atoms with Gasteiger partial charge in [-0.3, -0.25) is 4.68 Å². The molecule has 1 saturated heterocycles. The molecule has 1 aliphatic rings. The third-order valence-electron chi connectivity index (χ3n) is 2.55. The Labute approximate surface area is 81.3 Å². The van der Waals surface area contributed by atoms with Gasteiger partial charge in [0.25, 0.3) is 0 Å². The summed E-state index contributed by atoms with van der Waals surface area (Å²) in [5.41, 5.74) is -0.0636. The fourth-order valence-corrected chi connectivity index (χ4v) is 3.03. The number of rotatable bonds is 1. The minimum absolute atomic E-state index is 0.259. The van der Waals surface area contributed by atoms with Crippen LogP contribution in [0.2, 0.25) is 0 Å². The summed E-state index contributed by atoms with van der Waals surface area (Å²) in [4.78, 5) is 0. The Hall–Kier alpha value is -0.550. The Bertz CT molecular complexity index is 314. The van der Waals surface area contributed by atoms with Crippen LogP contribution in [0.4, 0.5) is 0 Å². The van der Waals surface area contributed by atoms with Crippen LogP contribution in [0.3, 0.4) is 0 Å². The molecule has 1 N–H and O–H groups in total. The number of hydrogen-bond acceptors (Lipinski definition) is 4. The lowest BCUT2D eigenvalue weighted by atomic mass is 9.90. The molecule has 0 aliphatic carbocycles.